The lowest BCUT2D eigenvalue weighted by Gasteiger charge is -2.19. The molecule has 0 aliphatic heterocycles. The molecule has 6 heteroatoms. The largest absolute Gasteiger partial charge is 0.493 e. The first-order valence-electron chi connectivity index (χ1n) is 8.82. The van der Waals surface area contributed by atoms with Crippen LogP contribution in [-0.4, -0.2) is 33.3 Å². The normalized spacial score (nSPS) is 11.4. The van der Waals surface area contributed by atoms with Crippen LogP contribution in [-0.2, 0) is 11.3 Å². The number of rotatable bonds is 9. The Bertz CT molecular complexity index is 775. The van der Waals surface area contributed by atoms with Gasteiger partial charge >= 0.3 is 0 Å². The SMILES string of the molecule is CCC(Oc1cccc(C)c1)C(=O)NCc1ccc(OC)c(OC)c1OC. The molecule has 2 aromatic rings. The number of aryl methyl sites for hydroxylation is 1. The zero-order chi connectivity index (χ0) is 19.8. The van der Waals surface area contributed by atoms with Crippen LogP contribution < -0.4 is 24.3 Å². The van der Waals surface area contributed by atoms with Gasteiger partial charge < -0.3 is 24.3 Å². The molecule has 1 N–H and O–H groups in total. The fourth-order valence-electron chi connectivity index (χ4n) is 2.77. The second kappa shape index (κ2) is 9.71. The topological polar surface area (TPSA) is 66.0 Å². The molecular formula is C21H27NO5. The molecule has 0 spiro atoms. The summed E-state index contributed by atoms with van der Waals surface area (Å²) in [5.41, 5.74) is 1.87. The fourth-order valence-corrected chi connectivity index (χ4v) is 2.77. The average molecular weight is 373 g/mol. The summed E-state index contributed by atoms with van der Waals surface area (Å²) >= 11 is 0. The molecule has 146 valence electrons. The van der Waals surface area contributed by atoms with Crippen LogP contribution in [0.25, 0.3) is 0 Å². The Labute approximate surface area is 160 Å². The Morgan fingerprint density at radius 2 is 1.78 bits per heavy atom. The van der Waals surface area contributed by atoms with Gasteiger partial charge in [-0.1, -0.05) is 19.1 Å². The van der Waals surface area contributed by atoms with Crippen molar-refractivity contribution < 1.29 is 23.7 Å². The molecule has 1 unspecified atom stereocenters. The lowest BCUT2D eigenvalue weighted by molar-refractivity contribution is -0.128. The van der Waals surface area contributed by atoms with E-state index in [1.165, 1.54) is 0 Å². The third-order valence-corrected chi connectivity index (χ3v) is 4.17. The Hall–Kier alpha value is -2.89. The Morgan fingerprint density at radius 3 is 2.37 bits per heavy atom. The Balaban J connectivity index is 2.09. The summed E-state index contributed by atoms with van der Waals surface area (Å²) in [7, 11) is 4.66. The predicted molar refractivity (Wildman–Crippen MR) is 104 cm³/mol. The zero-order valence-corrected chi connectivity index (χ0v) is 16.5. The van der Waals surface area contributed by atoms with Crippen molar-refractivity contribution in [3.63, 3.8) is 0 Å². The number of amides is 1. The molecule has 0 saturated carbocycles. The van der Waals surface area contributed by atoms with Crippen molar-refractivity contribution in [1.82, 2.24) is 5.32 Å². The molecule has 2 aromatic carbocycles. The molecule has 1 atom stereocenters. The van der Waals surface area contributed by atoms with Crippen LogP contribution in [0.5, 0.6) is 23.0 Å². The van der Waals surface area contributed by atoms with Crippen LogP contribution in [0.4, 0.5) is 0 Å². The number of benzene rings is 2. The summed E-state index contributed by atoms with van der Waals surface area (Å²) in [6.07, 6.45) is -0.0130. The van der Waals surface area contributed by atoms with Gasteiger partial charge in [0.05, 0.1) is 21.3 Å². The van der Waals surface area contributed by atoms with Crippen molar-refractivity contribution in [3.8, 4) is 23.0 Å². The first-order chi connectivity index (χ1) is 13.0. The highest BCUT2D eigenvalue weighted by molar-refractivity contribution is 5.81. The smallest absolute Gasteiger partial charge is 0.261 e. The van der Waals surface area contributed by atoms with Crippen LogP contribution in [0.3, 0.4) is 0 Å². The molecule has 0 radical (unpaired) electrons. The summed E-state index contributed by atoms with van der Waals surface area (Å²) in [6.45, 7) is 4.18. The Morgan fingerprint density at radius 1 is 1.04 bits per heavy atom. The first-order valence-corrected chi connectivity index (χ1v) is 8.82. The van der Waals surface area contributed by atoms with E-state index in [0.29, 0.717) is 29.4 Å². The molecule has 0 heterocycles. The van der Waals surface area contributed by atoms with Crippen LogP contribution in [0, 0.1) is 6.92 Å². The maximum atomic E-state index is 12.6. The summed E-state index contributed by atoms with van der Waals surface area (Å²) in [4.78, 5) is 12.6. The van der Waals surface area contributed by atoms with E-state index in [1.54, 1.807) is 27.4 Å². The van der Waals surface area contributed by atoms with Crippen molar-refractivity contribution in [1.29, 1.82) is 0 Å². The minimum absolute atomic E-state index is 0.184. The average Bonchev–Trinajstić information content (AvgIpc) is 2.69. The van der Waals surface area contributed by atoms with Gasteiger partial charge in [0.25, 0.3) is 5.91 Å². The van der Waals surface area contributed by atoms with Crippen molar-refractivity contribution in [2.45, 2.75) is 32.9 Å². The van der Waals surface area contributed by atoms with Gasteiger partial charge in [0.2, 0.25) is 5.75 Å². The number of methoxy groups -OCH3 is 3. The lowest BCUT2D eigenvalue weighted by atomic mass is 10.1. The van der Waals surface area contributed by atoms with Gasteiger partial charge in [-0.15, -0.1) is 0 Å². The number of hydrogen-bond acceptors (Lipinski definition) is 5. The second-order valence-corrected chi connectivity index (χ2v) is 6.04. The maximum absolute atomic E-state index is 12.6. The van der Waals surface area contributed by atoms with Crippen LogP contribution in [0.15, 0.2) is 36.4 Å². The zero-order valence-electron chi connectivity index (χ0n) is 16.5. The minimum Gasteiger partial charge on any atom is -0.493 e. The number of hydrogen-bond donors (Lipinski definition) is 1. The Kier molecular flexibility index (Phi) is 7.34. The van der Waals surface area contributed by atoms with E-state index in [2.05, 4.69) is 5.32 Å². The third-order valence-electron chi connectivity index (χ3n) is 4.17. The van der Waals surface area contributed by atoms with Gasteiger partial charge in [0.15, 0.2) is 17.6 Å². The van der Waals surface area contributed by atoms with Crippen LogP contribution in [0.1, 0.15) is 24.5 Å². The van der Waals surface area contributed by atoms with Gasteiger partial charge in [-0.05, 0) is 43.2 Å². The van der Waals surface area contributed by atoms with E-state index in [-0.39, 0.29) is 12.5 Å². The maximum Gasteiger partial charge on any atom is 0.261 e. The molecule has 6 nitrogen and oxygen atoms in total. The van der Waals surface area contributed by atoms with Gasteiger partial charge in [0.1, 0.15) is 5.75 Å². The van der Waals surface area contributed by atoms with Crippen LogP contribution >= 0.6 is 0 Å². The lowest BCUT2D eigenvalue weighted by Crippen LogP contribution is -2.37. The van der Waals surface area contributed by atoms with E-state index in [0.717, 1.165) is 11.1 Å². The molecule has 0 fully saturated rings. The van der Waals surface area contributed by atoms with Crippen molar-refractivity contribution >= 4 is 5.91 Å². The second-order valence-electron chi connectivity index (χ2n) is 6.04. The van der Waals surface area contributed by atoms with E-state index in [1.807, 2.05) is 44.2 Å². The highest BCUT2D eigenvalue weighted by Gasteiger charge is 2.20. The highest BCUT2D eigenvalue weighted by atomic mass is 16.5. The molecule has 0 aliphatic carbocycles. The van der Waals surface area contributed by atoms with E-state index in [4.69, 9.17) is 18.9 Å². The number of ether oxygens (including phenoxy) is 4. The molecule has 1 amide bonds. The quantitative estimate of drug-likeness (QED) is 0.729. The number of carbonyl (C=O) groups excluding carboxylic acids is 1. The van der Waals surface area contributed by atoms with Crippen molar-refractivity contribution in [3.05, 3.63) is 47.5 Å². The molecule has 27 heavy (non-hydrogen) atoms. The van der Waals surface area contributed by atoms with E-state index >= 15 is 0 Å². The summed E-state index contributed by atoms with van der Waals surface area (Å²) in [5.74, 6) is 2.09. The summed E-state index contributed by atoms with van der Waals surface area (Å²) < 4.78 is 22.0. The molecule has 0 aliphatic rings. The standard InChI is InChI=1S/C21H27NO5/c1-6-17(27-16-9-7-8-14(2)12-16)21(23)22-13-15-10-11-18(24-3)20(26-5)19(15)25-4/h7-12,17H,6,13H2,1-5H3,(H,22,23). The van der Waals surface area contributed by atoms with Crippen molar-refractivity contribution in [2.75, 3.05) is 21.3 Å². The molecule has 0 aromatic heterocycles. The van der Waals surface area contributed by atoms with Crippen molar-refractivity contribution in [2.24, 2.45) is 0 Å². The van der Waals surface area contributed by atoms with E-state index < -0.39 is 6.10 Å². The highest BCUT2D eigenvalue weighted by Crippen LogP contribution is 2.39. The number of nitrogens with one attached hydrogen (secondary N) is 1. The molecule has 0 saturated heterocycles. The van der Waals surface area contributed by atoms with E-state index in [9.17, 15) is 4.79 Å². The predicted octanol–water partition coefficient (Wildman–Crippen LogP) is 3.49. The molecular weight excluding hydrogens is 346 g/mol. The summed E-state index contributed by atoms with van der Waals surface area (Å²) in [5, 5.41) is 2.91. The first kappa shape index (κ1) is 20.4. The van der Waals surface area contributed by atoms with Crippen LogP contribution in [0.2, 0.25) is 0 Å². The monoisotopic (exact) mass is 373 g/mol. The van der Waals surface area contributed by atoms with Gasteiger partial charge in [0, 0.05) is 12.1 Å². The summed E-state index contributed by atoms with van der Waals surface area (Å²) in [6, 6.07) is 11.3. The molecule has 0 bridgehead atoms. The van der Waals surface area contributed by atoms with Gasteiger partial charge in [-0.25, -0.2) is 0 Å². The fraction of sp³-hybridized carbons (Fsp3) is 0.381. The third kappa shape index (κ3) is 5.06. The van der Waals surface area contributed by atoms with Gasteiger partial charge in [-0.2, -0.15) is 0 Å². The van der Waals surface area contributed by atoms with Gasteiger partial charge in [-0.3, -0.25) is 4.79 Å². The molecule has 2 rings (SSSR count). The number of carbonyl (C=O) groups is 1. The minimum atomic E-state index is -0.571.